The second-order valence-electron chi connectivity index (χ2n) is 4.30. The van der Waals surface area contributed by atoms with Crippen molar-refractivity contribution in [3.63, 3.8) is 0 Å². The van der Waals surface area contributed by atoms with Gasteiger partial charge < -0.3 is 5.73 Å². The molecular formula is C15H17N2P. The summed E-state index contributed by atoms with van der Waals surface area (Å²) >= 11 is 0. The number of aryl methyl sites for hydroxylation is 1. The molecule has 1 aromatic carbocycles. The Kier molecular flexibility index (Phi) is 4.24. The first-order valence-electron chi connectivity index (χ1n) is 6.01. The van der Waals surface area contributed by atoms with Gasteiger partial charge in [0.1, 0.15) is 0 Å². The molecule has 0 saturated heterocycles. The van der Waals surface area contributed by atoms with Gasteiger partial charge in [0.2, 0.25) is 0 Å². The van der Waals surface area contributed by atoms with Gasteiger partial charge in [-0.05, 0) is 42.0 Å². The molecule has 0 aliphatic carbocycles. The van der Waals surface area contributed by atoms with Gasteiger partial charge in [-0.3, -0.25) is 4.98 Å². The number of hydrogen-bond acceptors (Lipinski definition) is 2. The molecular weight excluding hydrogens is 239 g/mol. The molecule has 0 atom stereocenters. The minimum Gasteiger partial charge on any atom is -0.330 e. The lowest BCUT2D eigenvalue weighted by atomic mass is 10.00. The zero-order valence-electron chi connectivity index (χ0n) is 10.5. The van der Waals surface area contributed by atoms with Crippen LogP contribution in [0, 0.1) is 6.92 Å². The zero-order valence-corrected chi connectivity index (χ0v) is 11.5. The maximum Gasteiger partial charge on any atom is 0.0416 e. The molecule has 0 saturated carbocycles. The summed E-state index contributed by atoms with van der Waals surface area (Å²) in [5.41, 5.74) is 11.3. The second kappa shape index (κ2) is 5.90. The van der Waals surface area contributed by atoms with E-state index in [0.29, 0.717) is 6.54 Å². The average Bonchev–Trinajstić information content (AvgIpc) is 2.40. The topological polar surface area (TPSA) is 38.9 Å². The van der Waals surface area contributed by atoms with Crippen molar-refractivity contribution in [2.45, 2.75) is 13.3 Å². The average molecular weight is 256 g/mol. The van der Waals surface area contributed by atoms with E-state index in [4.69, 9.17) is 5.73 Å². The zero-order chi connectivity index (χ0) is 13.0. The molecule has 3 heteroatoms. The largest absolute Gasteiger partial charge is 0.330 e. The number of aromatic nitrogens is 1. The Balaban J connectivity index is 2.33. The third kappa shape index (κ3) is 2.84. The lowest BCUT2D eigenvalue weighted by Crippen LogP contribution is -2.04. The molecule has 1 aromatic heterocycles. The van der Waals surface area contributed by atoms with Gasteiger partial charge in [-0.15, -0.1) is 8.86 Å². The first kappa shape index (κ1) is 12.9. The summed E-state index contributed by atoms with van der Waals surface area (Å²) in [6.45, 7) is 2.75. The number of hydrogen-bond donors (Lipinski definition) is 1. The first-order chi connectivity index (χ1) is 8.74. The predicted molar refractivity (Wildman–Crippen MR) is 80.6 cm³/mol. The quantitative estimate of drug-likeness (QED) is 0.854. The SMILES string of the molecule is Cc1cc(C=P)ccc1-c1ccc(CCN)nc1. The summed E-state index contributed by atoms with van der Waals surface area (Å²) in [5.74, 6) is 1.92. The Hall–Kier alpha value is -1.50. The second-order valence-corrected chi connectivity index (χ2v) is 4.58. The highest BCUT2D eigenvalue weighted by molar-refractivity contribution is 7.19. The normalized spacial score (nSPS) is 10.3. The van der Waals surface area contributed by atoms with Crippen molar-refractivity contribution in [1.29, 1.82) is 0 Å². The minimum atomic E-state index is 0.640. The molecule has 0 aliphatic heterocycles. The maximum absolute atomic E-state index is 5.52. The Morgan fingerprint density at radius 1 is 1.28 bits per heavy atom. The highest BCUT2D eigenvalue weighted by Gasteiger charge is 2.03. The molecule has 92 valence electrons. The summed E-state index contributed by atoms with van der Waals surface area (Å²) in [5, 5.41) is 0. The van der Waals surface area contributed by atoms with Gasteiger partial charge in [-0.2, -0.15) is 0 Å². The van der Waals surface area contributed by atoms with Crippen molar-refractivity contribution in [3.05, 3.63) is 53.3 Å². The van der Waals surface area contributed by atoms with Gasteiger partial charge in [0, 0.05) is 23.9 Å². The number of nitrogens with zero attached hydrogens (tertiary/aromatic N) is 1. The summed E-state index contributed by atoms with van der Waals surface area (Å²) < 4.78 is 0. The standard InChI is InChI=1S/C15H17N2P/c1-11-8-12(10-18)2-5-15(11)13-3-4-14(6-7-16)17-9-13/h2-5,8-10,18H,6-7,16H2,1H3. The molecule has 0 radical (unpaired) electrons. The molecule has 2 rings (SSSR count). The number of benzene rings is 1. The van der Waals surface area contributed by atoms with E-state index in [0.717, 1.165) is 17.7 Å². The van der Waals surface area contributed by atoms with Crippen molar-refractivity contribution >= 4 is 14.7 Å². The van der Waals surface area contributed by atoms with Crippen molar-refractivity contribution < 1.29 is 0 Å². The lowest BCUT2D eigenvalue weighted by molar-refractivity contribution is 0.924. The third-order valence-electron chi connectivity index (χ3n) is 2.95. The van der Waals surface area contributed by atoms with Crippen LogP contribution in [0.5, 0.6) is 0 Å². The van der Waals surface area contributed by atoms with Crippen LogP contribution in [0.25, 0.3) is 11.1 Å². The van der Waals surface area contributed by atoms with Crippen LogP contribution in [0.4, 0.5) is 0 Å². The number of nitrogens with two attached hydrogens (primary N) is 1. The number of rotatable bonds is 4. The highest BCUT2D eigenvalue weighted by atomic mass is 31.0. The van der Waals surface area contributed by atoms with E-state index in [9.17, 15) is 0 Å². The van der Waals surface area contributed by atoms with Crippen LogP contribution < -0.4 is 5.73 Å². The van der Waals surface area contributed by atoms with Gasteiger partial charge in [-0.1, -0.05) is 24.3 Å². The first-order valence-corrected chi connectivity index (χ1v) is 6.59. The molecule has 2 aromatic rings. The fourth-order valence-electron chi connectivity index (χ4n) is 1.98. The molecule has 1 heterocycles. The van der Waals surface area contributed by atoms with E-state index in [2.05, 4.69) is 45.0 Å². The van der Waals surface area contributed by atoms with E-state index < -0.39 is 0 Å². The molecule has 0 aliphatic rings. The summed E-state index contributed by atoms with van der Waals surface area (Å²) in [6.07, 6.45) is 2.75. The fraction of sp³-hybridized carbons (Fsp3) is 0.200. The van der Waals surface area contributed by atoms with Crippen LogP contribution in [0.1, 0.15) is 16.8 Å². The Bertz CT molecular complexity index is 547. The van der Waals surface area contributed by atoms with E-state index >= 15 is 0 Å². The summed E-state index contributed by atoms with van der Waals surface area (Å²) in [7, 11) is 3.40. The highest BCUT2D eigenvalue weighted by Crippen LogP contribution is 2.23. The van der Waals surface area contributed by atoms with Crippen molar-refractivity contribution in [2.24, 2.45) is 5.73 Å². The molecule has 0 fully saturated rings. The molecule has 0 bridgehead atoms. The number of pyridine rings is 1. The predicted octanol–water partition coefficient (Wildman–Crippen LogP) is 2.85. The van der Waals surface area contributed by atoms with Crippen molar-refractivity contribution in [3.8, 4) is 11.1 Å². The van der Waals surface area contributed by atoms with Crippen LogP contribution in [-0.2, 0) is 6.42 Å². The monoisotopic (exact) mass is 256 g/mol. The van der Waals surface area contributed by atoms with E-state index in [1.165, 1.54) is 16.7 Å². The van der Waals surface area contributed by atoms with E-state index in [1.807, 2.05) is 18.1 Å². The maximum atomic E-state index is 5.52. The summed E-state index contributed by atoms with van der Waals surface area (Å²) in [4.78, 5) is 4.43. The smallest absolute Gasteiger partial charge is 0.0416 e. The van der Waals surface area contributed by atoms with Gasteiger partial charge in [0.15, 0.2) is 0 Å². The van der Waals surface area contributed by atoms with Crippen LogP contribution in [-0.4, -0.2) is 17.3 Å². The van der Waals surface area contributed by atoms with Crippen LogP contribution in [0.15, 0.2) is 36.5 Å². The van der Waals surface area contributed by atoms with Crippen molar-refractivity contribution in [2.75, 3.05) is 6.54 Å². The molecule has 0 unspecified atom stereocenters. The Morgan fingerprint density at radius 2 is 2.11 bits per heavy atom. The summed E-state index contributed by atoms with van der Waals surface area (Å²) in [6, 6.07) is 10.5. The molecule has 0 amide bonds. The molecule has 2 N–H and O–H groups in total. The van der Waals surface area contributed by atoms with Gasteiger partial charge in [0.05, 0.1) is 0 Å². The van der Waals surface area contributed by atoms with Crippen LogP contribution in [0.3, 0.4) is 0 Å². The fourth-order valence-corrected chi connectivity index (χ4v) is 2.16. The molecule has 2 nitrogen and oxygen atoms in total. The van der Waals surface area contributed by atoms with Gasteiger partial charge in [-0.25, -0.2) is 0 Å². The van der Waals surface area contributed by atoms with Crippen LogP contribution in [0.2, 0.25) is 0 Å². The Morgan fingerprint density at radius 3 is 2.67 bits per heavy atom. The third-order valence-corrected chi connectivity index (χ3v) is 3.29. The molecule has 0 spiro atoms. The minimum absolute atomic E-state index is 0.640. The lowest BCUT2D eigenvalue weighted by Gasteiger charge is -2.07. The van der Waals surface area contributed by atoms with Crippen LogP contribution >= 0.6 is 8.86 Å². The van der Waals surface area contributed by atoms with Gasteiger partial charge >= 0.3 is 0 Å². The van der Waals surface area contributed by atoms with E-state index in [1.54, 1.807) is 0 Å². The Labute approximate surface area is 110 Å². The van der Waals surface area contributed by atoms with Gasteiger partial charge in [0.25, 0.3) is 0 Å². The van der Waals surface area contributed by atoms with Crippen molar-refractivity contribution in [1.82, 2.24) is 4.98 Å². The molecule has 18 heavy (non-hydrogen) atoms. The van der Waals surface area contributed by atoms with E-state index in [-0.39, 0.29) is 0 Å².